The van der Waals surface area contributed by atoms with E-state index >= 15 is 0 Å². The first-order valence-electron chi connectivity index (χ1n) is 6.92. The third kappa shape index (κ3) is 3.77. The van der Waals surface area contributed by atoms with E-state index in [1.54, 1.807) is 0 Å². The van der Waals surface area contributed by atoms with Crippen molar-refractivity contribution in [2.75, 3.05) is 39.8 Å². The van der Waals surface area contributed by atoms with E-state index in [4.69, 9.17) is 0 Å². The molecule has 2 unspecified atom stereocenters. The van der Waals surface area contributed by atoms with Gasteiger partial charge in [0.25, 0.3) is 0 Å². The maximum atomic E-state index is 3.54. The number of rotatable bonds is 4. The lowest BCUT2D eigenvalue weighted by molar-refractivity contribution is -0.0584. The lowest BCUT2D eigenvalue weighted by Gasteiger charge is -2.45. The predicted molar refractivity (Wildman–Crippen MR) is 80.3 cm³/mol. The van der Waals surface area contributed by atoms with Gasteiger partial charge in [0, 0.05) is 24.1 Å². The van der Waals surface area contributed by atoms with Gasteiger partial charge in [-0.1, -0.05) is 28.1 Å². The smallest absolute Gasteiger partial charge is 0.0542 e. The predicted octanol–water partition coefficient (Wildman–Crippen LogP) is 1.69. The Morgan fingerprint density at radius 1 is 1.00 bits per heavy atom. The van der Waals surface area contributed by atoms with Gasteiger partial charge in [0.2, 0.25) is 0 Å². The summed E-state index contributed by atoms with van der Waals surface area (Å²) in [5.41, 5.74) is 1.33. The molecule has 2 saturated heterocycles. The molecule has 2 fully saturated rings. The van der Waals surface area contributed by atoms with Crippen LogP contribution in [0.3, 0.4) is 0 Å². The number of nitrogens with zero attached hydrogens (tertiary/aromatic N) is 3. The van der Waals surface area contributed by atoms with E-state index in [0.29, 0.717) is 0 Å². The number of nitrogens with one attached hydrogen (secondary N) is 1. The Labute approximate surface area is 123 Å². The second-order valence-electron chi connectivity index (χ2n) is 5.45. The van der Waals surface area contributed by atoms with Gasteiger partial charge in [-0.15, -0.1) is 0 Å². The Bertz CT molecular complexity index is 396. The molecule has 2 atom stereocenters. The van der Waals surface area contributed by atoms with Gasteiger partial charge >= 0.3 is 0 Å². The van der Waals surface area contributed by atoms with E-state index in [1.807, 2.05) is 0 Å². The van der Waals surface area contributed by atoms with E-state index < -0.39 is 0 Å². The van der Waals surface area contributed by atoms with Crippen LogP contribution in [0.25, 0.3) is 0 Å². The fourth-order valence-corrected chi connectivity index (χ4v) is 3.11. The Hall–Kier alpha value is -0.460. The summed E-state index contributed by atoms with van der Waals surface area (Å²) in [6, 6.07) is 8.52. The van der Waals surface area contributed by atoms with Crippen LogP contribution < -0.4 is 5.32 Å². The molecule has 1 N–H and O–H groups in total. The minimum Gasteiger partial charge on any atom is -0.300 e. The van der Waals surface area contributed by atoms with Crippen LogP contribution in [-0.4, -0.2) is 54.5 Å². The molecule has 1 aromatic carbocycles. The highest BCUT2D eigenvalue weighted by atomic mass is 79.9. The van der Waals surface area contributed by atoms with Gasteiger partial charge in [-0.3, -0.25) is 14.7 Å². The third-order valence-corrected chi connectivity index (χ3v) is 4.26. The number of hydrogen-bond acceptors (Lipinski definition) is 4. The summed E-state index contributed by atoms with van der Waals surface area (Å²) in [7, 11) is 0. The number of fused-ring (bicyclic) bond motifs is 2. The van der Waals surface area contributed by atoms with Crippen LogP contribution in [-0.2, 0) is 6.54 Å². The molecular formula is C14H21BrN4. The zero-order valence-electron chi connectivity index (χ0n) is 11.2. The Balaban J connectivity index is 1.43. The van der Waals surface area contributed by atoms with Crippen LogP contribution >= 0.6 is 15.9 Å². The maximum Gasteiger partial charge on any atom is 0.0542 e. The highest BCUT2D eigenvalue weighted by Gasteiger charge is 2.25. The monoisotopic (exact) mass is 324 g/mol. The van der Waals surface area contributed by atoms with Crippen molar-refractivity contribution in [1.29, 1.82) is 0 Å². The van der Waals surface area contributed by atoms with Crippen molar-refractivity contribution in [3.63, 3.8) is 0 Å². The number of hydrogen-bond donors (Lipinski definition) is 1. The van der Waals surface area contributed by atoms with E-state index in [1.165, 1.54) is 25.1 Å². The van der Waals surface area contributed by atoms with Crippen molar-refractivity contribution < 1.29 is 0 Å². The van der Waals surface area contributed by atoms with Crippen molar-refractivity contribution in [3.05, 3.63) is 34.3 Å². The molecule has 5 heteroatoms. The molecule has 2 heterocycles. The number of halogens is 1. The quantitative estimate of drug-likeness (QED) is 0.909. The minimum absolute atomic E-state index is 0.934. The summed E-state index contributed by atoms with van der Waals surface area (Å²) in [5.74, 6) is 0. The Morgan fingerprint density at radius 3 is 2.37 bits per heavy atom. The van der Waals surface area contributed by atoms with Gasteiger partial charge in [-0.05, 0) is 24.1 Å². The molecule has 0 radical (unpaired) electrons. The Morgan fingerprint density at radius 2 is 1.68 bits per heavy atom. The molecule has 0 aromatic heterocycles. The second-order valence-corrected chi connectivity index (χ2v) is 6.36. The largest absolute Gasteiger partial charge is 0.300 e. The molecule has 2 aliphatic heterocycles. The first kappa shape index (κ1) is 13.5. The van der Waals surface area contributed by atoms with Crippen LogP contribution in [0.15, 0.2) is 28.7 Å². The summed E-state index contributed by atoms with van der Waals surface area (Å²) in [4.78, 5) is 7.52. The van der Waals surface area contributed by atoms with Crippen molar-refractivity contribution in [2.24, 2.45) is 0 Å². The normalized spacial score (nSPS) is 27.4. The average Bonchev–Trinajstić information content (AvgIpc) is 2.41. The molecule has 1 aromatic rings. The standard InChI is InChI=1S/C14H21BrN4/c15-14-4-2-13(3-5-14)8-16-9-19-11-17-6-1-7-18(10-17)12-19/h2-5,16H,1,6-12H2. The molecule has 19 heavy (non-hydrogen) atoms. The number of benzene rings is 1. The molecular weight excluding hydrogens is 304 g/mol. The first-order valence-corrected chi connectivity index (χ1v) is 7.71. The van der Waals surface area contributed by atoms with Gasteiger partial charge < -0.3 is 5.32 Å². The molecule has 0 amide bonds. The Kier molecular flexibility index (Phi) is 4.50. The van der Waals surface area contributed by atoms with Crippen LogP contribution in [0.1, 0.15) is 12.0 Å². The van der Waals surface area contributed by atoms with E-state index in [2.05, 4.69) is 60.2 Å². The SMILES string of the molecule is Brc1ccc(CNCN2CN3CCCN(C3)C2)cc1. The highest BCUT2D eigenvalue weighted by molar-refractivity contribution is 9.10. The van der Waals surface area contributed by atoms with E-state index in [9.17, 15) is 0 Å². The zero-order chi connectivity index (χ0) is 13.1. The van der Waals surface area contributed by atoms with Crippen molar-refractivity contribution in [3.8, 4) is 0 Å². The van der Waals surface area contributed by atoms with Crippen LogP contribution in [0.2, 0.25) is 0 Å². The fourth-order valence-electron chi connectivity index (χ4n) is 2.84. The zero-order valence-corrected chi connectivity index (χ0v) is 12.8. The van der Waals surface area contributed by atoms with Gasteiger partial charge in [0.05, 0.1) is 26.7 Å². The van der Waals surface area contributed by atoms with Gasteiger partial charge in [0.15, 0.2) is 0 Å². The molecule has 3 rings (SSSR count). The molecule has 4 nitrogen and oxygen atoms in total. The van der Waals surface area contributed by atoms with Gasteiger partial charge in [0.1, 0.15) is 0 Å². The van der Waals surface area contributed by atoms with Gasteiger partial charge in [-0.2, -0.15) is 0 Å². The summed E-state index contributed by atoms with van der Waals surface area (Å²) >= 11 is 3.46. The van der Waals surface area contributed by atoms with Crippen molar-refractivity contribution in [2.45, 2.75) is 13.0 Å². The summed E-state index contributed by atoms with van der Waals surface area (Å²) < 4.78 is 1.14. The third-order valence-electron chi connectivity index (χ3n) is 3.73. The van der Waals surface area contributed by atoms with Crippen LogP contribution in [0.5, 0.6) is 0 Å². The van der Waals surface area contributed by atoms with Crippen LogP contribution in [0, 0.1) is 0 Å². The van der Waals surface area contributed by atoms with Gasteiger partial charge in [-0.25, -0.2) is 0 Å². The lowest BCUT2D eigenvalue weighted by Crippen LogP contribution is -2.59. The summed E-state index contributed by atoms with van der Waals surface area (Å²) in [6.07, 6.45) is 1.32. The second kappa shape index (κ2) is 6.33. The lowest BCUT2D eigenvalue weighted by atomic mass is 10.2. The molecule has 0 spiro atoms. The molecule has 0 aliphatic carbocycles. The molecule has 2 bridgehead atoms. The minimum atomic E-state index is 0.934. The molecule has 104 valence electrons. The molecule has 2 aliphatic rings. The summed E-state index contributed by atoms with van der Waals surface area (Å²) in [6.45, 7) is 7.75. The summed E-state index contributed by atoms with van der Waals surface area (Å²) in [5, 5.41) is 3.54. The molecule has 0 saturated carbocycles. The topological polar surface area (TPSA) is 21.8 Å². The average molecular weight is 325 g/mol. The fraction of sp³-hybridized carbons (Fsp3) is 0.571. The van der Waals surface area contributed by atoms with E-state index in [0.717, 1.165) is 37.7 Å². The van der Waals surface area contributed by atoms with E-state index in [-0.39, 0.29) is 0 Å². The highest BCUT2D eigenvalue weighted by Crippen LogP contribution is 2.13. The van der Waals surface area contributed by atoms with Crippen LogP contribution in [0.4, 0.5) is 0 Å². The van der Waals surface area contributed by atoms with Crippen molar-refractivity contribution in [1.82, 2.24) is 20.0 Å². The first-order chi connectivity index (χ1) is 9.29. The van der Waals surface area contributed by atoms with Crippen molar-refractivity contribution >= 4 is 15.9 Å². The maximum absolute atomic E-state index is 3.54.